The Morgan fingerprint density at radius 2 is 1.83 bits per heavy atom. The summed E-state index contributed by atoms with van der Waals surface area (Å²) in [4.78, 5) is 25.3. The number of rotatable bonds is 3. The summed E-state index contributed by atoms with van der Waals surface area (Å²) in [7, 11) is 0. The molecule has 0 bridgehead atoms. The van der Waals surface area contributed by atoms with E-state index in [0.29, 0.717) is 6.61 Å². The van der Waals surface area contributed by atoms with Crippen LogP contribution >= 0.6 is 0 Å². The lowest BCUT2D eigenvalue weighted by Crippen LogP contribution is -2.25. The van der Waals surface area contributed by atoms with E-state index in [4.69, 9.17) is 4.74 Å². The van der Waals surface area contributed by atoms with Crippen LogP contribution in [-0.2, 0) is 19.7 Å². The molecule has 1 amide bonds. The number of carbonyl (C=O) groups excluding carboxylic acids is 2. The summed E-state index contributed by atoms with van der Waals surface area (Å²) in [5.41, 5.74) is 1.86. The SMILES string of the molecule is CCOC(=O)[C@H]1[C@H](c2ccccc2)C12C(=O)Nc1ccccc12. The first-order chi connectivity index (χ1) is 11.2. The molecule has 0 radical (unpaired) electrons. The van der Waals surface area contributed by atoms with Crippen molar-refractivity contribution in [1.82, 2.24) is 0 Å². The van der Waals surface area contributed by atoms with Gasteiger partial charge in [0.25, 0.3) is 0 Å². The second-order valence-corrected chi connectivity index (χ2v) is 5.99. The highest BCUT2D eigenvalue weighted by Gasteiger charge is 2.76. The minimum Gasteiger partial charge on any atom is -0.466 e. The van der Waals surface area contributed by atoms with Crippen molar-refractivity contribution in [3.63, 3.8) is 0 Å². The van der Waals surface area contributed by atoms with E-state index >= 15 is 0 Å². The van der Waals surface area contributed by atoms with Crippen LogP contribution in [0.1, 0.15) is 24.0 Å². The van der Waals surface area contributed by atoms with Gasteiger partial charge in [-0.1, -0.05) is 48.5 Å². The van der Waals surface area contributed by atoms with Crippen LogP contribution in [0.15, 0.2) is 54.6 Å². The molecule has 2 aromatic carbocycles. The Labute approximate surface area is 134 Å². The molecule has 1 saturated carbocycles. The average molecular weight is 307 g/mol. The molecule has 1 spiro atoms. The van der Waals surface area contributed by atoms with Gasteiger partial charge in [0.05, 0.1) is 17.9 Å². The van der Waals surface area contributed by atoms with Gasteiger partial charge in [0.15, 0.2) is 0 Å². The molecule has 116 valence electrons. The van der Waals surface area contributed by atoms with Crippen LogP contribution in [0.2, 0.25) is 0 Å². The number of ether oxygens (including phenoxy) is 1. The Morgan fingerprint density at radius 1 is 1.13 bits per heavy atom. The topological polar surface area (TPSA) is 55.4 Å². The third-order valence-corrected chi connectivity index (χ3v) is 4.90. The van der Waals surface area contributed by atoms with Gasteiger partial charge in [-0.15, -0.1) is 0 Å². The number of benzene rings is 2. The highest BCUT2D eigenvalue weighted by molar-refractivity contribution is 6.14. The number of fused-ring (bicyclic) bond motifs is 2. The van der Waals surface area contributed by atoms with E-state index in [2.05, 4.69) is 5.32 Å². The van der Waals surface area contributed by atoms with E-state index in [-0.39, 0.29) is 17.8 Å². The first-order valence-electron chi connectivity index (χ1n) is 7.83. The maximum Gasteiger partial charge on any atom is 0.311 e. The van der Waals surface area contributed by atoms with Gasteiger partial charge in [-0.05, 0) is 24.1 Å². The molecule has 0 aromatic heterocycles. The van der Waals surface area contributed by atoms with E-state index in [1.165, 1.54) is 0 Å². The van der Waals surface area contributed by atoms with Gasteiger partial charge in [0.1, 0.15) is 0 Å². The predicted octanol–water partition coefficient (Wildman–Crippen LogP) is 2.85. The van der Waals surface area contributed by atoms with E-state index in [9.17, 15) is 9.59 Å². The minimum absolute atomic E-state index is 0.106. The summed E-state index contributed by atoms with van der Waals surface area (Å²) in [6.07, 6.45) is 0. The molecule has 1 unspecified atom stereocenters. The Kier molecular flexibility index (Phi) is 3.01. The van der Waals surface area contributed by atoms with Crippen LogP contribution in [0.4, 0.5) is 5.69 Å². The van der Waals surface area contributed by atoms with Crippen molar-refractivity contribution in [3.05, 3.63) is 65.7 Å². The molecule has 1 N–H and O–H groups in total. The molecule has 0 saturated heterocycles. The lowest BCUT2D eigenvalue weighted by Gasteiger charge is -2.09. The van der Waals surface area contributed by atoms with E-state index in [1.54, 1.807) is 6.92 Å². The normalized spacial score (nSPS) is 27.4. The van der Waals surface area contributed by atoms with Crippen molar-refractivity contribution < 1.29 is 14.3 Å². The zero-order valence-electron chi connectivity index (χ0n) is 12.8. The first kappa shape index (κ1) is 14.0. The third kappa shape index (κ3) is 1.78. The molecular weight excluding hydrogens is 290 g/mol. The number of anilines is 1. The Hall–Kier alpha value is -2.62. The summed E-state index contributed by atoms with van der Waals surface area (Å²) in [5.74, 6) is -1.04. The molecule has 1 fully saturated rings. The number of para-hydroxylation sites is 1. The van der Waals surface area contributed by atoms with Gasteiger partial charge in [-0.3, -0.25) is 9.59 Å². The molecular formula is C19H17NO3. The molecule has 4 heteroatoms. The van der Waals surface area contributed by atoms with Crippen molar-refractivity contribution in [2.24, 2.45) is 5.92 Å². The van der Waals surface area contributed by atoms with Gasteiger partial charge in [-0.2, -0.15) is 0 Å². The zero-order valence-corrected chi connectivity index (χ0v) is 12.8. The third-order valence-electron chi connectivity index (χ3n) is 4.90. The molecule has 23 heavy (non-hydrogen) atoms. The summed E-state index contributed by atoms with van der Waals surface area (Å²) in [6.45, 7) is 2.10. The molecule has 1 aliphatic heterocycles. The quantitative estimate of drug-likeness (QED) is 0.887. The fourth-order valence-corrected chi connectivity index (χ4v) is 3.98. The standard InChI is InChI=1S/C19H17NO3/c1-2-23-17(21)16-15(12-8-4-3-5-9-12)19(16)13-10-6-7-11-14(13)20-18(19)22/h3-11,15-16H,2H2,1H3,(H,20,22)/t15-,16+,19?/m0/s1. The number of esters is 1. The highest BCUT2D eigenvalue weighted by Crippen LogP contribution is 2.69. The van der Waals surface area contributed by atoms with E-state index < -0.39 is 11.3 Å². The van der Waals surface area contributed by atoms with Crippen LogP contribution in [0, 0.1) is 5.92 Å². The van der Waals surface area contributed by atoms with Crippen molar-refractivity contribution in [1.29, 1.82) is 0 Å². The van der Waals surface area contributed by atoms with Crippen LogP contribution in [0.5, 0.6) is 0 Å². The number of carbonyl (C=O) groups is 2. The molecule has 2 aliphatic rings. The summed E-state index contributed by atoms with van der Waals surface area (Å²) >= 11 is 0. The number of amides is 1. The smallest absolute Gasteiger partial charge is 0.311 e. The van der Waals surface area contributed by atoms with Crippen LogP contribution < -0.4 is 5.32 Å². The lowest BCUT2D eigenvalue weighted by molar-refractivity contribution is -0.146. The van der Waals surface area contributed by atoms with Gasteiger partial charge < -0.3 is 10.1 Å². The number of nitrogens with one attached hydrogen (secondary N) is 1. The second-order valence-electron chi connectivity index (χ2n) is 5.99. The van der Waals surface area contributed by atoms with Crippen molar-refractivity contribution in [2.75, 3.05) is 11.9 Å². The highest BCUT2D eigenvalue weighted by atomic mass is 16.5. The largest absolute Gasteiger partial charge is 0.466 e. The fourth-order valence-electron chi connectivity index (χ4n) is 3.98. The molecule has 3 atom stereocenters. The lowest BCUT2D eigenvalue weighted by atomic mass is 9.91. The van der Waals surface area contributed by atoms with Crippen molar-refractivity contribution >= 4 is 17.6 Å². The Bertz CT molecular complexity index is 786. The van der Waals surface area contributed by atoms with Crippen LogP contribution in [0.3, 0.4) is 0 Å². The second kappa shape index (κ2) is 4.95. The monoisotopic (exact) mass is 307 g/mol. The summed E-state index contributed by atoms with van der Waals surface area (Å²) in [5, 5.41) is 2.93. The zero-order chi connectivity index (χ0) is 16.0. The predicted molar refractivity (Wildman–Crippen MR) is 86.1 cm³/mol. The minimum atomic E-state index is -0.829. The van der Waals surface area contributed by atoms with E-state index in [0.717, 1.165) is 16.8 Å². The Morgan fingerprint density at radius 3 is 2.57 bits per heavy atom. The van der Waals surface area contributed by atoms with Crippen molar-refractivity contribution in [3.8, 4) is 0 Å². The maximum absolute atomic E-state index is 12.8. The molecule has 1 heterocycles. The van der Waals surface area contributed by atoms with Gasteiger partial charge in [0.2, 0.25) is 5.91 Å². The van der Waals surface area contributed by atoms with Gasteiger partial charge in [0, 0.05) is 11.6 Å². The van der Waals surface area contributed by atoms with E-state index in [1.807, 2.05) is 54.6 Å². The maximum atomic E-state index is 12.8. The molecule has 4 rings (SSSR count). The average Bonchev–Trinajstić information content (AvgIpc) is 3.19. The van der Waals surface area contributed by atoms with Crippen molar-refractivity contribution in [2.45, 2.75) is 18.3 Å². The summed E-state index contributed by atoms with van der Waals surface area (Å²) < 4.78 is 5.25. The Balaban J connectivity index is 1.85. The van der Waals surface area contributed by atoms with Gasteiger partial charge in [-0.25, -0.2) is 0 Å². The van der Waals surface area contributed by atoms with Crippen LogP contribution in [-0.4, -0.2) is 18.5 Å². The van der Waals surface area contributed by atoms with Crippen LogP contribution in [0.25, 0.3) is 0 Å². The number of hydrogen-bond donors (Lipinski definition) is 1. The summed E-state index contributed by atoms with van der Waals surface area (Å²) in [6, 6.07) is 17.3. The molecule has 1 aliphatic carbocycles. The molecule has 4 nitrogen and oxygen atoms in total. The molecule has 2 aromatic rings. The van der Waals surface area contributed by atoms with Gasteiger partial charge >= 0.3 is 5.97 Å². The fraction of sp³-hybridized carbons (Fsp3) is 0.263. The first-order valence-corrected chi connectivity index (χ1v) is 7.83. The number of hydrogen-bond acceptors (Lipinski definition) is 3.